The molecule has 2 fully saturated rings. The summed E-state index contributed by atoms with van der Waals surface area (Å²) in [6.07, 6.45) is 4.06. The van der Waals surface area contributed by atoms with Crippen LogP contribution in [0.5, 0.6) is 5.75 Å². The van der Waals surface area contributed by atoms with Crippen molar-refractivity contribution in [2.24, 2.45) is 0 Å². The lowest BCUT2D eigenvalue weighted by Crippen LogP contribution is -2.61. The molecule has 138 valence electrons. The Balaban J connectivity index is 1.64. The number of carbonyl (C=O) groups is 1. The first kappa shape index (κ1) is 18.0. The maximum absolute atomic E-state index is 12.5. The molecule has 6 heteroatoms. The van der Waals surface area contributed by atoms with Gasteiger partial charge in [0.05, 0.1) is 18.3 Å². The first-order valence-corrected chi connectivity index (χ1v) is 8.98. The Kier molecular flexibility index (Phi) is 4.93. The zero-order valence-corrected chi connectivity index (χ0v) is 15.8. The highest BCUT2D eigenvalue weighted by molar-refractivity contribution is 5.78. The molecule has 1 spiro atoms. The van der Waals surface area contributed by atoms with Crippen LogP contribution in [-0.2, 0) is 6.54 Å². The van der Waals surface area contributed by atoms with Crippen LogP contribution in [0.3, 0.4) is 0 Å². The van der Waals surface area contributed by atoms with E-state index in [9.17, 15) is 4.79 Å². The number of benzene rings is 1. The van der Waals surface area contributed by atoms with Gasteiger partial charge in [-0.05, 0) is 64.5 Å². The monoisotopic (exact) mass is 346 g/mol. The van der Waals surface area contributed by atoms with Crippen molar-refractivity contribution >= 4 is 6.03 Å². The first-order valence-electron chi connectivity index (χ1n) is 8.98. The van der Waals surface area contributed by atoms with Crippen molar-refractivity contribution in [2.45, 2.75) is 43.4 Å². The van der Waals surface area contributed by atoms with Gasteiger partial charge >= 0.3 is 6.03 Å². The number of hydrogen-bond donors (Lipinski definition) is 2. The lowest BCUT2D eigenvalue weighted by Gasteiger charge is -2.48. The molecule has 1 aromatic carbocycles. The Morgan fingerprint density at radius 1 is 1.20 bits per heavy atom. The fraction of sp³-hybridized carbons (Fsp3) is 0.632. The van der Waals surface area contributed by atoms with Gasteiger partial charge in [0, 0.05) is 13.1 Å². The molecule has 1 saturated carbocycles. The van der Waals surface area contributed by atoms with Crippen molar-refractivity contribution in [1.29, 1.82) is 0 Å². The molecule has 1 aliphatic carbocycles. The second-order valence-corrected chi connectivity index (χ2v) is 7.59. The summed E-state index contributed by atoms with van der Waals surface area (Å²) in [5.74, 6) is 0.838. The molecule has 0 atom stereocenters. The summed E-state index contributed by atoms with van der Waals surface area (Å²) in [7, 11) is 7.94. The van der Waals surface area contributed by atoms with Crippen LogP contribution in [-0.4, -0.2) is 61.8 Å². The van der Waals surface area contributed by atoms with E-state index in [1.54, 1.807) is 7.11 Å². The minimum absolute atomic E-state index is 0.0411. The van der Waals surface area contributed by atoms with Crippen molar-refractivity contribution < 1.29 is 9.53 Å². The van der Waals surface area contributed by atoms with Gasteiger partial charge in [0.1, 0.15) is 5.75 Å². The normalized spacial score (nSPS) is 29.3. The number of methoxy groups -OCH3 is 1. The molecule has 0 unspecified atom stereocenters. The summed E-state index contributed by atoms with van der Waals surface area (Å²) in [5, 5.41) is 6.76. The molecule has 0 radical (unpaired) electrons. The number of rotatable bonds is 5. The molecule has 0 aromatic heterocycles. The molecule has 1 aromatic rings. The van der Waals surface area contributed by atoms with E-state index in [-0.39, 0.29) is 17.2 Å². The van der Waals surface area contributed by atoms with Crippen molar-refractivity contribution in [1.82, 2.24) is 20.4 Å². The van der Waals surface area contributed by atoms with Crippen molar-refractivity contribution in [2.75, 3.05) is 34.8 Å². The Hall–Kier alpha value is -1.79. The van der Waals surface area contributed by atoms with E-state index < -0.39 is 0 Å². The zero-order valence-electron chi connectivity index (χ0n) is 15.8. The Morgan fingerprint density at radius 2 is 1.84 bits per heavy atom. The van der Waals surface area contributed by atoms with Crippen LogP contribution in [0.4, 0.5) is 4.79 Å². The van der Waals surface area contributed by atoms with Crippen LogP contribution in [0.25, 0.3) is 0 Å². The summed E-state index contributed by atoms with van der Waals surface area (Å²) in [6, 6.07) is 7.99. The summed E-state index contributed by atoms with van der Waals surface area (Å²) >= 11 is 0. The summed E-state index contributed by atoms with van der Waals surface area (Å²) in [4.78, 5) is 16.7. The van der Waals surface area contributed by atoms with E-state index in [1.165, 1.54) is 0 Å². The largest absolute Gasteiger partial charge is 0.497 e. The number of hydrogen-bond acceptors (Lipinski definition) is 4. The fourth-order valence-corrected chi connectivity index (χ4v) is 4.21. The van der Waals surface area contributed by atoms with E-state index in [4.69, 9.17) is 4.74 Å². The number of nitrogens with one attached hydrogen (secondary N) is 2. The van der Waals surface area contributed by atoms with Gasteiger partial charge in [-0.25, -0.2) is 4.79 Å². The quantitative estimate of drug-likeness (QED) is 0.801. The highest BCUT2D eigenvalue weighted by atomic mass is 16.5. The molecule has 1 aliphatic heterocycles. The van der Waals surface area contributed by atoms with E-state index in [0.717, 1.165) is 43.5 Å². The third-order valence-electron chi connectivity index (χ3n) is 6.04. The van der Waals surface area contributed by atoms with Gasteiger partial charge in [-0.3, -0.25) is 4.90 Å². The maximum atomic E-state index is 12.5. The number of urea groups is 1. The second kappa shape index (κ2) is 6.84. The van der Waals surface area contributed by atoms with Crippen LogP contribution >= 0.6 is 0 Å². The standard InChI is InChI=1S/C19H30N4O2/c1-20-19(22(2)3)11-9-18(10-12-19)14-23(17(24)21-18)13-15-5-7-16(25-4)8-6-15/h5-8,20H,9-14H2,1-4H3,(H,21,24). The number of ether oxygens (including phenoxy) is 1. The number of amides is 2. The molecule has 0 bridgehead atoms. The molecule has 1 saturated heterocycles. The minimum atomic E-state index is -0.0834. The predicted molar refractivity (Wildman–Crippen MR) is 98.6 cm³/mol. The summed E-state index contributed by atoms with van der Waals surface area (Å²) < 4.78 is 5.20. The molecule has 2 N–H and O–H groups in total. The molecular formula is C19H30N4O2. The summed E-state index contributed by atoms with van der Waals surface area (Å²) in [6.45, 7) is 1.42. The smallest absolute Gasteiger partial charge is 0.318 e. The van der Waals surface area contributed by atoms with Gasteiger partial charge < -0.3 is 20.3 Å². The molecule has 1 heterocycles. The van der Waals surface area contributed by atoms with Gasteiger partial charge in [-0.15, -0.1) is 0 Å². The van der Waals surface area contributed by atoms with Crippen LogP contribution < -0.4 is 15.4 Å². The van der Waals surface area contributed by atoms with Crippen LogP contribution in [0.15, 0.2) is 24.3 Å². The van der Waals surface area contributed by atoms with Crippen LogP contribution in [0.2, 0.25) is 0 Å². The Morgan fingerprint density at radius 3 is 2.36 bits per heavy atom. The number of nitrogens with zero attached hydrogens (tertiary/aromatic N) is 2. The average Bonchev–Trinajstić information content (AvgIpc) is 2.91. The highest BCUT2D eigenvalue weighted by Crippen LogP contribution is 2.38. The molecule has 25 heavy (non-hydrogen) atoms. The molecular weight excluding hydrogens is 316 g/mol. The maximum Gasteiger partial charge on any atom is 0.318 e. The molecule has 2 aliphatic rings. The van der Waals surface area contributed by atoms with E-state index in [0.29, 0.717) is 6.54 Å². The third kappa shape index (κ3) is 3.46. The van der Waals surface area contributed by atoms with Crippen LogP contribution in [0, 0.1) is 0 Å². The minimum Gasteiger partial charge on any atom is -0.497 e. The van der Waals surface area contributed by atoms with Gasteiger partial charge in [0.2, 0.25) is 0 Å². The van der Waals surface area contributed by atoms with E-state index in [1.807, 2.05) is 36.2 Å². The van der Waals surface area contributed by atoms with E-state index >= 15 is 0 Å². The Bertz CT molecular complexity index is 606. The van der Waals surface area contributed by atoms with Crippen molar-refractivity contribution in [3.63, 3.8) is 0 Å². The number of carbonyl (C=O) groups excluding carboxylic acids is 1. The van der Waals surface area contributed by atoms with Crippen LogP contribution in [0.1, 0.15) is 31.2 Å². The molecule has 3 rings (SSSR count). The molecule has 2 amide bonds. The topological polar surface area (TPSA) is 56.8 Å². The van der Waals surface area contributed by atoms with Gasteiger partial charge in [0.25, 0.3) is 0 Å². The Labute approximate surface area is 150 Å². The molecule has 6 nitrogen and oxygen atoms in total. The highest BCUT2D eigenvalue weighted by Gasteiger charge is 2.48. The second-order valence-electron chi connectivity index (χ2n) is 7.59. The van der Waals surface area contributed by atoms with Gasteiger partial charge in [-0.1, -0.05) is 12.1 Å². The fourth-order valence-electron chi connectivity index (χ4n) is 4.21. The van der Waals surface area contributed by atoms with E-state index in [2.05, 4.69) is 29.6 Å². The lowest BCUT2D eigenvalue weighted by atomic mass is 9.76. The zero-order chi connectivity index (χ0) is 18.1. The third-order valence-corrected chi connectivity index (χ3v) is 6.04. The van der Waals surface area contributed by atoms with Gasteiger partial charge in [-0.2, -0.15) is 0 Å². The van der Waals surface area contributed by atoms with Gasteiger partial charge in [0.15, 0.2) is 0 Å². The van der Waals surface area contributed by atoms with Crippen molar-refractivity contribution in [3.8, 4) is 5.75 Å². The lowest BCUT2D eigenvalue weighted by molar-refractivity contribution is 0.0410. The summed E-state index contributed by atoms with van der Waals surface area (Å²) in [5.41, 5.74) is 1.08. The predicted octanol–water partition coefficient (Wildman–Crippen LogP) is 2.01. The van der Waals surface area contributed by atoms with Crippen molar-refractivity contribution in [3.05, 3.63) is 29.8 Å². The average molecular weight is 346 g/mol. The SMILES string of the molecule is CNC1(N(C)C)CCC2(CC1)CN(Cc1ccc(OC)cc1)C(=O)N2. The first-order chi connectivity index (χ1) is 11.9.